The van der Waals surface area contributed by atoms with Crippen molar-refractivity contribution in [3.63, 3.8) is 0 Å². The number of benzene rings is 1. The Morgan fingerprint density at radius 2 is 2.16 bits per heavy atom. The van der Waals surface area contributed by atoms with E-state index in [1.54, 1.807) is 12.1 Å². The fourth-order valence-electron chi connectivity index (χ4n) is 1.91. The number of hydrogen-bond donors (Lipinski definition) is 1. The molecule has 0 saturated heterocycles. The van der Waals surface area contributed by atoms with Crippen molar-refractivity contribution in [1.29, 1.82) is 0 Å². The quantitative estimate of drug-likeness (QED) is 0.901. The monoisotopic (exact) mass is 263 g/mol. The Labute approximate surface area is 112 Å². The van der Waals surface area contributed by atoms with Gasteiger partial charge in [0.05, 0.1) is 24.5 Å². The molecule has 1 aromatic heterocycles. The molecule has 0 unspecified atom stereocenters. The number of nitrogens with zero attached hydrogens (tertiary/aromatic N) is 2. The Bertz CT molecular complexity index is 566. The molecule has 0 fully saturated rings. The van der Waals surface area contributed by atoms with Gasteiger partial charge in [0.1, 0.15) is 0 Å². The SMILES string of the molecule is CCOc1ccc(NCc2cc(C)nn2C)cc1F. The van der Waals surface area contributed by atoms with Crippen LogP contribution < -0.4 is 10.1 Å². The van der Waals surface area contributed by atoms with Crippen molar-refractivity contribution in [3.05, 3.63) is 41.5 Å². The third-order valence-corrected chi connectivity index (χ3v) is 2.80. The summed E-state index contributed by atoms with van der Waals surface area (Å²) in [6.45, 7) is 4.83. The van der Waals surface area contributed by atoms with Gasteiger partial charge in [-0.25, -0.2) is 4.39 Å². The van der Waals surface area contributed by atoms with Gasteiger partial charge in [0.2, 0.25) is 0 Å². The average Bonchev–Trinajstić information content (AvgIpc) is 2.68. The molecule has 2 rings (SSSR count). The standard InChI is InChI=1S/C14H18FN3O/c1-4-19-14-6-5-11(8-13(14)15)16-9-12-7-10(2)17-18(12)3/h5-8,16H,4,9H2,1-3H3. The molecule has 0 radical (unpaired) electrons. The maximum Gasteiger partial charge on any atom is 0.167 e. The van der Waals surface area contributed by atoms with Gasteiger partial charge in [-0.2, -0.15) is 5.10 Å². The zero-order valence-corrected chi connectivity index (χ0v) is 11.4. The van der Waals surface area contributed by atoms with Crippen LogP contribution in [-0.2, 0) is 13.6 Å². The Morgan fingerprint density at radius 3 is 2.74 bits per heavy atom. The Morgan fingerprint density at radius 1 is 1.37 bits per heavy atom. The first-order chi connectivity index (χ1) is 9.10. The number of ether oxygens (including phenoxy) is 1. The third kappa shape index (κ3) is 3.24. The normalized spacial score (nSPS) is 10.5. The van der Waals surface area contributed by atoms with Crippen molar-refractivity contribution in [1.82, 2.24) is 9.78 Å². The minimum atomic E-state index is -0.354. The summed E-state index contributed by atoms with van der Waals surface area (Å²) in [4.78, 5) is 0. The molecule has 1 aromatic carbocycles. The molecular weight excluding hydrogens is 245 g/mol. The molecule has 1 N–H and O–H groups in total. The average molecular weight is 263 g/mol. The van der Waals surface area contributed by atoms with Gasteiger partial charge >= 0.3 is 0 Å². The molecule has 1 heterocycles. The Balaban J connectivity index is 2.04. The summed E-state index contributed by atoms with van der Waals surface area (Å²) in [6, 6.07) is 6.87. The van der Waals surface area contributed by atoms with E-state index >= 15 is 0 Å². The summed E-state index contributed by atoms with van der Waals surface area (Å²) >= 11 is 0. The van der Waals surface area contributed by atoms with Crippen molar-refractivity contribution in [3.8, 4) is 5.75 Å². The van der Waals surface area contributed by atoms with E-state index in [-0.39, 0.29) is 11.6 Å². The molecule has 19 heavy (non-hydrogen) atoms. The molecule has 102 valence electrons. The minimum absolute atomic E-state index is 0.282. The van der Waals surface area contributed by atoms with E-state index in [2.05, 4.69) is 10.4 Å². The van der Waals surface area contributed by atoms with E-state index in [1.807, 2.05) is 31.6 Å². The maximum absolute atomic E-state index is 13.7. The van der Waals surface area contributed by atoms with Gasteiger partial charge in [-0.05, 0) is 32.0 Å². The Hall–Kier alpha value is -2.04. The van der Waals surface area contributed by atoms with Crippen LogP contribution in [0.25, 0.3) is 0 Å². The molecule has 0 bridgehead atoms. The number of rotatable bonds is 5. The van der Waals surface area contributed by atoms with Crippen molar-refractivity contribution in [2.24, 2.45) is 7.05 Å². The van der Waals surface area contributed by atoms with Gasteiger partial charge in [0, 0.05) is 18.8 Å². The van der Waals surface area contributed by atoms with Crippen molar-refractivity contribution in [2.45, 2.75) is 20.4 Å². The molecule has 2 aromatic rings. The molecule has 0 aliphatic rings. The lowest BCUT2D eigenvalue weighted by Gasteiger charge is -2.09. The molecule has 0 amide bonds. The predicted octanol–water partition coefficient (Wildman–Crippen LogP) is 2.88. The first-order valence-corrected chi connectivity index (χ1v) is 6.26. The second-order valence-electron chi connectivity index (χ2n) is 4.33. The second kappa shape index (κ2) is 5.73. The largest absolute Gasteiger partial charge is 0.491 e. The van der Waals surface area contributed by atoms with Gasteiger partial charge < -0.3 is 10.1 Å². The van der Waals surface area contributed by atoms with Gasteiger partial charge in [-0.1, -0.05) is 0 Å². The smallest absolute Gasteiger partial charge is 0.167 e. The van der Waals surface area contributed by atoms with Crippen molar-refractivity contribution in [2.75, 3.05) is 11.9 Å². The van der Waals surface area contributed by atoms with E-state index in [1.165, 1.54) is 6.07 Å². The zero-order chi connectivity index (χ0) is 13.8. The summed E-state index contributed by atoms with van der Waals surface area (Å²) in [7, 11) is 1.89. The highest BCUT2D eigenvalue weighted by atomic mass is 19.1. The number of aromatic nitrogens is 2. The molecule has 4 nitrogen and oxygen atoms in total. The second-order valence-corrected chi connectivity index (χ2v) is 4.33. The van der Waals surface area contributed by atoms with E-state index < -0.39 is 0 Å². The van der Waals surface area contributed by atoms with Crippen LogP contribution in [0, 0.1) is 12.7 Å². The van der Waals surface area contributed by atoms with Crippen LogP contribution >= 0.6 is 0 Å². The van der Waals surface area contributed by atoms with Crippen LogP contribution in [0.4, 0.5) is 10.1 Å². The molecule has 0 saturated carbocycles. The van der Waals surface area contributed by atoms with E-state index in [4.69, 9.17) is 4.74 Å². The number of hydrogen-bond acceptors (Lipinski definition) is 3. The number of aryl methyl sites for hydroxylation is 2. The molecular formula is C14H18FN3O. The maximum atomic E-state index is 13.7. The van der Waals surface area contributed by atoms with Crippen LogP contribution in [0.3, 0.4) is 0 Å². The highest BCUT2D eigenvalue weighted by molar-refractivity contribution is 5.47. The van der Waals surface area contributed by atoms with E-state index in [9.17, 15) is 4.39 Å². The van der Waals surface area contributed by atoms with Gasteiger partial charge in [-0.3, -0.25) is 4.68 Å². The number of halogens is 1. The van der Waals surface area contributed by atoms with Crippen LogP contribution in [0.15, 0.2) is 24.3 Å². The molecule has 0 atom stereocenters. The predicted molar refractivity (Wildman–Crippen MR) is 72.8 cm³/mol. The van der Waals surface area contributed by atoms with E-state index in [0.717, 1.165) is 17.1 Å². The van der Waals surface area contributed by atoms with Crippen LogP contribution in [-0.4, -0.2) is 16.4 Å². The van der Waals surface area contributed by atoms with E-state index in [0.29, 0.717) is 13.2 Å². The van der Waals surface area contributed by atoms with Gasteiger partial charge in [0.25, 0.3) is 0 Å². The number of anilines is 1. The topological polar surface area (TPSA) is 39.1 Å². The lowest BCUT2D eigenvalue weighted by Crippen LogP contribution is -2.05. The molecule has 5 heteroatoms. The molecule has 0 aliphatic carbocycles. The summed E-state index contributed by atoms with van der Waals surface area (Å²) < 4.78 is 20.6. The minimum Gasteiger partial charge on any atom is -0.491 e. The summed E-state index contributed by atoms with van der Waals surface area (Å²) in [5, 5.41) is 7.43. The van der Waals surface area contributed by atoms with Crippen LogP contribution in [0.5, 0.6) is 5.75 Å². The first kappa shape index (κ1) is 13.4. The summed E-state index contributed by atoms with van der Waals surface area (Å²) in [5.74, 6) is -0.0718. The lowest BCUT2D eigenvalue weighted by atomic mass is 10.2. The highest BCUT2D eigenvalue weighted by Crippen LogP contribution is 2.21. The van der Waals surface area contributed by atoms with Crippen molar-refractivity contribution >= 4 is 5.69 Å². The summed E-state index contributed by atoms with van der Waals surface area (Å²) in [6.07, 6.45) is 0. The zero-order valence-electron chi connectivity index (χ0n) is 11.4. The molecule has 0 spiro atoms. The van der Waals surface area contributed by atoms with Crippen LogP contribution in [0.1, 0.15) is 18.3 Å². The third-order valence-electron chi connectivity index (χ3n) is 2.80. The first-order valence-electron chi connectivity index (χ1n) is 6.26. The fourth-order valence-corrected chi connectivity index (χ4v) is 1.91. The highest BCUT2D eigenvalue weighted by Gasteiger charge is 2.05. The Kier molecular flexibility index (Phi) is 4.04. The summed E-state index contributed by atoms with van der Waals surface area (Å²) in [5.41, 5.74) is 2.74. The van der Waals surface area contributed by atoms with Crippen molar-refractivity contribution < 1.29 is 9.13 Å². The molecule has 0 aliphatic heterocycles. The lowest BCUT2D eigenvalue weighted by molar-refractivity contribution is 0.321. The van der Waals surface area contributed by atoms with Crippen LogP contribution in [0.2, 0.25) is 0 Å². The van der Waals surface area contributed by atoms with Gasteiger partial charge in [-0.15, -0.1) is 0 Å². The van der Waals surface area contributed by atoms with Gasteiger partial charge in [0.15, 0.2) is 11.6 Å². The number of nitrogens with one attached hydrogen (secondary N) is 1. The fraction of sp³-hybridized carbons (Fsp3) is 0.357.